The van der Waals surface area contributed by atoms with Crippen LogP contribution in [0.4, 0.5) is 15.4 Å². The molecule has 0 fully saturated rings. The van der Waals surface area contributed by atoms with Crippen LogP contribution in [0.5, 0.6) is 5.75 Å². The second kappa shape index (κ2) is 13.7. The van der Waals surface area contributed by atoms with E-state index in [0.717, 1.165) is 24.2 Å². The number of rotatable bonds is 10. The summed E-state index contributed by atoms with van der Waals surface area (Å²) >= 11 is 13.0. The highest BCUT2D eigenvalue weighted by atomic mass is 35.5. The minimum Gasteiger partial charge on any atom is -0.493 e. The number of anilines is 1. The van der Waals surface area contributed by atoms with Crippen LogP contribution >= 0.6 is 23.2 Å². The van der Waals surface area contributed by atoms with Gasteiger partial charge >= 0.3 is 12.2 Å². The fourth-order valence-corrected chi connectivity index (χ4v) is 4.14. The van der Waals surface area contributed by atoms with Crippen molar-refractivity contribution in [2.45, 2.75) is 78.6 Å². The fraction of sp³-hybridized carbons (Fsp3) is 0.536. The number of carbonyl (C=O) groups excluding carboxylic acids is 2. The largest absolute Gasteiger partial charge is 0.493 e. The number of halogens is 2. The molecule has 0 aliphatic heterocycles. The predicted molar refractivity (Wildman–Crippen MR) is 157 cm³/mol. The lowest BCUT2D eigenvalue weighted by atomic mass is 10.2. The van der Waals surface area contributed by atoms with Crippen LogP contribution in [0.2, 0.25) is 10.0 Å². The second-order valence-corrected chi connectivity index (χ2v) is 12.1. The highest BCUT2D eigenvalue weighted by molar-refractivity contribution is 6.42. The van der Waals surface area contributed by atoms with Crippen LogP contribution in [0.25, 0.3) is 11.2 Å². The van der Waals surface area contributed by atoms with Crippen molar-refractivity contribution in [3.8, 4) is 5.75 Å². The Morgan fingerprint density at radius 2 is 1.54 bits per heavy atom. The van der Waals surface area contributed by atoms with E-state index in [0.29, 0.717) is 40.2 Å². The Balaban J connectivity index is 1.97. The zero-order chi connectivity index (χ0) is 30.4. The number of fused-ring (bicyclic) bond motifs is 1. The van der Waals surface area contributed by atoms with Gasteiger partial charge < -0.3 is 23.5 Å². The number of carbonyl (C=O) groups is 2. The van der Waals surface area contributed by atoms with Crippen LogP contribution in [0.15, 0.2) is 24.8 Å². The molecule has 1 aromatic carbocycles. The Morgan fingerprint density at radius 3 is 2.15 bits per heavy atom. The van der Waals surface area contributed by atoms with E-state index in [2.05, 4.69) is 15.0 Å². The van der Waals surface area contributed by atoms with E-state index in [1.165, 1.54) is 12.7 Å². The summed E-state index contributed by atoms with van der Waals surface area (Å²) < 4.78 is 23.8. The van der Waals surface area contributed by atoms with E-state index >= 15 is 0 Å². The lowest BCUT2D eigenvalue weighted by Crippen LogP contribution is -2.44. The van der Waals surface area contributed by atoms with Gasteiger partial charge in [-0.2, -0.15) is 4.90 Å². The smallest absolute Gasteiger partial charge is 0.425 e. The Hall–Kier alpha value is -3.15. The molecule has 3 rings (SSSR count). The minimum atomic E-state index is -0.958. The standard InChI is InChI=1S/C28H37Cl2N5O6/c1-27(2,3)40-25(36)35(26(37)41-28(4,5)6)24-22-23(31-16-32-24)34(17-33-22)15-18-20(12-11-19(29)21(18)30)39-14-10-8-9-13-38-7/h11-12,16-17H,8-10,13-15H2,1-7H3. The predicted octanol–water partition coefficient (Wildman–Crippen LogP) is 7.05. The summed E-state index contributed by atoms with van der Waals surface area (Å²) in [5.74, 6) is 0.494. The van der Waals surface area contributed by atoms with Gasteiger partial charge in [-0.3, -0.25) is 0 Å². The summed E-state index contributed by atoms with van der Waals surface area (Å²) in [6.07, 6.45) is 3.58. The molecular formula is C28H37Cl2N5O6. The molecule has 0 bridgehead atoms. The average molecular weight is 611 g/mol. The van der Waals surface area contributed by atoms with Crippen molar-refractivity contribution >= 4 is 52.4 Å². The van der Waals surface area contributed by atoms with Crippen molar-refractivity contribution in [1.29, 1.82) is 0 Å². The molecule has 2 amide bonds. The van der Waals surface area contributed by atoms with Crippen LogP contribution < -0.4 is 9.64 Å². The molecule has 0 N–H and O–H groups in total. The molecule has 41 heavy (non-hydrogen) atoms. The van der Waals surface area contributed by atoms with Gasteiger partial charge in [-0.1, -0.05) is 23.2 Å². The number of unbranched alkanes of at least 4 members (excludes halogenated alkanes) is 2. The van der Waals surface area contributed by atoms with Crippen LogP contribution in [0.3, 0.4) is 0 Å². The third kappa shape index (κ3) is 8.92. The Kier molecular flexibility index (Phi) is 10.8. The molecule has 0 spiro atoms. The van der Waals surface area contributed by atoms with Gasteiger partial charge in [0, 0.05) is 19.3 Å². The number of aromatic nitrogens is 4. The zero-order valence-electron chi connectivity index (χ0n) is 24.5. The first-order chi connectivity index (χ1) is 19.2. The van der Waals surface area contributed by atoms with Gasteiger partial charge in [0.15, 0.2) is 17.0 Å². The molecule has 224 valence electrons. The number of imidazole rings is 1. The molecule has 0 unspecified atom stereocenters. The van der Waals surface area contributed by atoms with Crippen LogP contribution in [0, 0.1) is 0 Å². The van der Waals surface area contributed by atoms with Crippen molar-refractivity contribution in [3.63, 3.8) is 0 Å². The molecular weight excluding hydrogens is 573 g/mol. The monoisotopic (exact) mass is 609 g/mol. The van der Waals surface area contributed by atoms with Gasteiger partial charge in [0.2, 0.25) is 0 Å². The molecule has 2 heterocycles. The summed E-state index contributed by atoms with van der Waals surface area (Å²) in [5.41, 5.74) is -0.609. The lowest BCUT2D eigenvalue weighted by molar-refractivity contribution is 0.0429. The number of imide groups is 1. The number of hydrogen-bond donors (Lipinski definition) is 0. The topological polar surface area (TPSA) is 118 Å². The Morgan fingerprint density at radius 1 is 0.902 bits per heavy atom. The number of benzene rings is 1. The molecule has 11 nitrogen and oxygen atoms in total. The third-order valence-electron chi connectivity index (χ3n) is 5.48. The molecule has 2 aromatic heterocycles. The van der Waals surface area contributed by atoms with E-state index in [4.69, 9.17) is 42.1 Å². The summed E-state index contributed by atoms with van der Waals surface area (Å²) in [5, 5.41) is 0.707. The molecule has 0 aliphatic rings. The summed E-state index contributed by atoms with van der Waals surface area (Å²) in [7, 11) is 1.68. The number of ether oxygens (including phenoxy) is 4. The first-order valence-corrected chi connectivity index (χ1v) is 14.0. The van der Waals surface area contributed by atoms with Crippen molar-refractivity contribution in [3.05, 3.63) is 40.4 Å². The van der Waals surface area contributed by atoms with Crippen molar-refractivity contribution in [2.75, 3.05) is 25.2 Å². The maximum Gasteiger partial charge on any atom is 0.425 e. The highest BCUT2D eigenvalue weighted by Crippen LogP contribution is 2.35. The summed E-state index contributed by atoms with van der Waals surface area (Å²) in [4.78, 5) is 40.1. The SMILES string of the molecule is COCCCCCOc1ccc(Cl)c(Cl)c1Cn1cnc2c(N(C(=O)OC(C)(C)C)C(=O)OC(C)(C)C)ncnc21. The molecule has 0 radical (unpaired) electrons. The number of methoxy groups -OCH3 is 1. The van der Waals surface area contributed by atoms with Crippen molar-refractivity contribution in [1.82, 2.24) is 19.5 Å². The van der Waals surface area contributed by atoms with Gasteiger partial charge in [0.05, 0.1) is 29.5 Å². The maximum atomic E-state index is 13.2. The van der Waals surface area contributed by atoms with Crippen LogP contribution in [-0.2, 0) is 20.8 Å². The van der Waals surface area contributed by atoms with Gasteiger partial charge in [-0.15, -0.1) is 0 Å². The number of hydrogen-bond acceptors (Lipinski definition) is 9. The van der Waals surface area contributed by atoms with E-state index in [1.54, 1.807) is 65.4 Å². The Labute approximate surface area is 250 Å². The van der Waals surface area contributed by atoms with Gasteiger partial charge in [-0.25, -0.2) is 24.5 Å². The van der Waals surface area contributed by atoms with Gasteiger partial charge in [0.1, 0.15) is 23.3 Å². The summed E-state index contributed by atoms with van der Waals surface area (Å²) in [6, 6.07) is 3.45. The van der Waals surface area contributed by atoms with Gasteiger partial charge in [0.25, 0.3) is 0 Å². The number of amides is 2. The quantitative estimate of drug-likeness (QED) is 0.223. The molecule has 3 aromatic rings. The van der Waals surface area contributed by atoms with Crippen molar-refractivity contribution in [2.24, 2.45) is 0 Å². The molecule has 0 aliphatic carbocycles. The van der Waals surface area contributed by atoms with Crippen LogP contribution in [0.1, 0.15) is 66.4 Å². The average Bonchev–Trinajstić information content (AvgIpc) is 3.27. The molecule has 0 saturated carbocycles. The normalized spacial score (nSPS) is 11.9. The zero-order valence-corrected chi connectivity index (χ0v) is 26.0. The first-order valence-electron chi connectivity index (χ1n) is 13.2. The Bertz CT molecular complexity index is 1340. The minimum absolute atomic E-state index is 0.0815. The van der Waals surface area contributed by atoms with E-state index in [9.17, 15) is 9.59 Å². The van der Waals surface area contributed by atoms with E-state index in [1.807, 2.05) is 0 Å². The van der Waals surface area contributed by atoms with Gasteiger partial charge in [-0.05, 0) is 72.9 Å². The second-order valence-electron chi connectivity index (χ2n) is 11.3. The fourth-order valence-electron chi connectivity index (χ4n) is 3.75. The lowest BCUT2D eigenvalue weighted by Gasteiger charge is -2.28. The van der Waals surface area contributed by atoms with Crippen LogP contribution in [-0.4, -0.2) is 63.2 Å². The highest BCUT2D eigenvalue weighted by Gasteiger charge is 2.35. The summed E-state index contributed by atoms with van der Waals surface area (Å²) in [6.45, 7) is 11.5. The van der Waals surface area contributed by atoms with Crippen molar-refractivity contribution < 1.29 is 28.5 Å². The third-order valence-corrected chi connectivity index (χ3v) is 6.32. The maximum absolute atomic E-state index is 13.2. The molecule has 0 atom stereocenters. The number of nitrogens with zero attached hydrogens (tertiary/aromatic N) is 5. The van der Waals surface area contributed by atoms with E-state index in [-0.39, 0.29) is 17.9 Å². The molecule has 13 heteroatoms. The first kappa shape index (κ1) is 32.4. The molecule has 0 saturated heterocycles. The van der Waals surface area contributed by atoms with E-state index < -0.39 is 23.4 Å².